The van der Waals surface area contributed by atoms with Crippen molar-refractivity contribution in [2.24, 2.45) is 0 Å². The Bertz CT molecular complexity index is 159. The molecule has 0 bridgehead atoms. The third kappa shape index (κ3) is 4.55. The quantitative estimate of drug-likeness (QED) is 0.482. The molecule has 0 N–H and O–H groups in total. The molecule has 0 radical (unpaired) electrons. The molecule has 0 saturated carbocycles. The highest BCUT2D eigenvalue weighted by molar-refractivity contribution is 7.81. The molecule has 1 aliphatic heterocycles. The maximum absolute atomic E-state index is 11.2. The Hall–Kier alpha value is -0.180. The van der Waals surface area contributed by atoms with Crippen molar-refractivity contribution in [3.63, 3.8) is 0 Å². The molecule has 0 spiro atoms. The lowest BCUT2D eigenvalue weighted by atomic mass is 10.1. The van der Waals surface area contributed by atoms with Crippen molar-refractivity contribution >= 4 is 18.6 Å². The van der Waals surface area contributed by atoms with E-state index >= 15 is 0 Å². The van der Waals surface area contributed by atoms with Crippen LogP contribution in [-0.2, 0) is 9.53 Å². The molecular formula is C10H18O2S. The number of hydrogen-bond donors (Lipinski definition) is 1. The van der Waals surface area contributed by atoms with Crippen LogP contribution in [0.1, 0.15) is 44.9 Å². The molecule has 76 valence electrons. The molecule has 1 fully saturated rings. The fraction of sp³-hybridized carbons (Fsp3) is 0.900. The molecule has 0 aromatic rings. The minimum absolute atomic E-state index is 0.134. The number of cyclic esters (lactones) is 1. The van der Waals surface area contributed by atoms with Gasteiger partial charge in [0.05, 0.1) is 11.9 Å². The van der Waals surface area contributed by atoms with Crippen LogP contribution in [0, 0.1) is 0 Å². The van der Waals surface area contributed by atoms with Crippen LogP contribution >= 0.6 is 12.6 Å². The molecule has 1 saturated heterocycles. The molecule has 1 unspecified atom stereocenters. The van der Waals surface area contributed by atoms with Crippen LogP contribution in [0.4, 0.5) is 0 Å². The lowest BCUT2D eigenvalue weighted by Crippen LogP contribution is -2.18. The second-order valence-corrected chi connectivity index (χ2v) is 4.22. The standard InChI is InChI=1S/C10H18O2S/c11-10-9(13)7-5-3-1-2-4-6-8-12-10/h9,13H,1-8H2. The van der Waals surface area contributed by atoms with E-state index in [1.165, 1.54) is 25.7 Å². The summed E-state index contributed by atoms with van der Waals surface area (Å²) in [6.45, 7) is 0.579. The predicted molar refractivity (Wildman–Crippen MR) is 56.1 cm³/mol. The SMILES string of the molecule is O=C1OCCCCCCCCC1S. The number of rotatable bonds is 0. The Kier molecular flexibility index (Phi) is 5.28. The van der Waals surface area contributed by atoms with Gasteiger partial charge in [-0.25, -0.2) is 0 Å². The monoisotopic (exact) mass is 202 g/mol. The van der Waals surface area contributed by atoms with Gasteiger partial charge in [-0.15, -0.1) is 0 Å². The third-order valence-corrected chi connectivity index (χ3v) is 2.86. The molecular weight excluding hydrogens is 184 g/mol. The molecule has 1 heterocycles. The number of ether oxygens (including phenoxy) is 1. The molecule has 2 nitrogen and oxygen atoms in total. The summed E-state index contributed by atoms with van der Waals surface area (Å²) in [5.74, 6) is -0.134. The summed E-state index contributed by atoms with van der Waals surface area (Å²) in [5.41, 5.74) is 0. The normalized spacial score (nSPS) is 27.5. The van der Waals surface area contributed by atoms with E-state index in [4.69, 9.17) is 4.74 Å². The smallest absolute Gasteiger partial charge is 0.318 e. The van der Waals surface area contributed by atoms with Gasteiger partial charge in [-0.1, -0.05) is 32.1 Å². The van der Waals surface area contributed by atoms with Gasteiger partial charge in [0.15, 0.2) is 0 Å². The highest BCUT2D eigenvalue weighted by atomic mass is 32.1. The van der Waals surface area contributed by atoms with Crippen LogP contribution in [0.3, 0.4) is 0 Å². The number of esters is 1. The van der Waals surface area contributed by atoms with Gasteiger partial charge in [0.2, 0.25) is 0 Å². The van der Waals surface area contributed by atoms with Crippen molar-refractivity contribution in [1.82, 2.24) is 0 Å². The van der Waals surface area contributed by atoms with E-state index in [9.17, 15) is 4.79 Å². The highest BCUT2D eigenvalue weighted by Gasteiger charge is 2.15. The zero-order valence-electron chi connectivity index (χ0n) is 8.00. The van der Waals surface area contributed by atoms with Crippen molar-refractivity contribution < 1.29 is 9.53 Å². The predicted octanol–water partition coefficient (Wildman–Crippen LogP) is 2.57. The van der Waals surface area contributed by atoms with Crippen LogP contribution in [0.2, 0.25) is 0 Å². The number of thiol groups is 1. The highest BCUT2D eigenvalue weighted by Crippen LogP contribution is 2.14. The van der Waals surface area contributed by atoms with Crippen molar-refractivity contribution in [1.29, 1.82) is 0 Å². The van der Waals surface area contributed by atoms with E-state index in [2.05, 4.69) is 12.6 Å². The first-order valence-corrected chi connectivity index (χ1v) is 5.67. The Labute approximate surface area is 85.4 Å². The maximum atomic E-state index is 11.2. The Morgan fingerprint density at radius 2 is 1.69 bits per heavy atom. The van der Waals surface area contributed by atoms with Gasteiger partial charge in [0, 0.05) is 0 Å². The van der Waals surface area contributed by atoms with Crippen LogP contribution in [0.5, 0.6) is 0 Å². The minimum atomic E-state index is -0.196. The zero-order chi connectivity index (χ0) is 9.52. The Balaban J connectivity index is 2.31. The van der Waals surface area contributed by atoms with Gasteiger partial charge >= 0.3 is 5.97 Å². The molecule has 0 aliphatic carbocycles. The summed E-state index contributed by atoms with van der Waals surface area (Å²) >= 11 is 4.22. The lowest BCUT2D eigenvalue weighted by Gasteiger charge is -2.08. The first-order valence-electron chi connectivity index (χ1n) is 5.15. The fourth-order valence-electron chi connectivity index (χ4n) is 1.53. The summed E-state index contributed by atoms with van der Waals surface area (Å²) in [5, 5.41) is -0.196. The van der Waals surface area contributed by atoms with Gasteiger partial charge < -0.3 is 4.74 Å². The zero-order valence-corrected chi connectivity index (χ0v) is 8.89. The first kappa shape index (κ1) is 10.9. The second-order valence-electron chi connectivity index (χ2n) is 3.59. The Morgan fingerprint density at radius 3 is 2.46 bits per heavy atom. The van der Waals surface area contributed by atoms with Crippen LogP contribution in [-0.4, -0.2) is 17.8 Å². The summed E-state index contributed by atoms with van der Waals surface area (Å²) < 4.78 is 5.07. The van der Waals surface area contributed by atoms with E-state index in [0.717, 1.165) is 19.3 Å². The fourth-order valence-corrected chi connectivity index (χ4v) is 1.79. The molecule has 0 aromatic heterocycles. The molecule has 0 aromatic carbocycles. The molecule has 1 aliphatic rings. The van der Waals surface area contributed by atoms with E-state index < -0.39 is 0 Å². The summed E-state index contributed by atoms with van der Waals surface area (Å²) in [4.78, 5) is 11.2. The average molecular weight is 202 g/mol. The topological polar surface area (TPSA) is 26.3 Å². The average Bonchev–Trinajstić information content (AvgIpc) is 2.16. The van der Waals surface area contributed by atoms with E-state index in [1.54, 1.807) is 0 Å². The molecule has 1 atom stereocenters. The van der Waals surface area contributed by atoms with E-state index in [-0.39, 0.29) is 11.2 Å². The van der Waals surface area contributed by atoms with Gasteiger partial charge in [0.1, 0.15) is 0 Å². The largest absolute Gasteiger partial charge is 0.465 e. The summed E-state index contributed by atoms with van der Waals surface area (Å²) in [7, 11) is 0. The molecule has 3 heteroatoms. The lowest BCUT2D eigenvalue weighted by molar-refractivity contribution is -0.143. The maximum Gasteiger partial charge on any atom is 0.318 e. The first-order chi connectivity index (χ1) is 6.30. The van der Waals surface area contributed by atoms with Gasteiger partial charge in [-0.3, -0.25) is 4.79 Å². The van der Waals surface area contributed by atoms with Gasteiger partial charge in [-0.05, 0) is 12.8 Å². The second kappa shape index (κ2) is 6.30. The van der Waals surface area contributed by atoms with Crippen molar-refractivity contribution in [2.45, 2.75) is 50.2 Å². The van der Waals surface area contributed by atoms with Gasteiger partial charge in [-0.2, -0.15) is 12.6 Å². The Morgan fingerprint density at radius 1 is 1.08 bits per heavy atom. The number of carbonyl (C=O) groups excluding carboxylic acids is 1. The van der Waals surface area contributed by atoms with E-state index in [0.29, 0.717) is 6.61 Å². The van der Waals surface area contributed by atoms with Gasteiger partial charge in [0.25, 0.3) is 0 Å². The van der Waals surface area contributed by atoms with Crippen molar-refractivity contribution in [2.75, 3.05) is 6.61 Å². The molecule has 1 rings (SSSR count). The summed E-state index contributed by atoms with van der Waals surface area (Å²) in [6.07, 6.45) is 7.94. The van der Waals surface area contributed by atoms with E-state index in [1.807, 2.05) is 0 Å². The minimum Gasteiger partial charge on any atom is -0.465 e. The third-order valence-electron chi connectivity index (χ3n) is 2.39. The molecule has 0 amide bonds. The van der Waals surface area contributed by atoms with Crippen LogP contribution < -0.4 is 0 Å². The number of carbonyl (C=O) groups is 1. The summed E-state index contributed by atoms with van der Waals surface area (Å²) in [6, 6.07) is 0. The molecule has 13 heavy (non-hydrogen) atoms. The van der Waals surface area contributed by atoms with Crippen molar-refractivity contribution in [3.8, 4) is 0 Å². The van der Waals surface area contributed by atoms with Crippen LogP contribution in [0.25, 0.3) is 0 Å². The van der Waals surface area contributed by atoms with Crippen LogP contribution in [0.15, 0.2) is 0 Å². The van der Waals surface area contributed by atoms with Crippen molar-refractivity contribution in [3.05, 3.63) is 0 Å². The number of hydrogen-bond acceptors (Lipinski definition) is 3.